The average molecular weight is 303 g/mol. The Bertz CT molecular complexity index is 545. The number of ether oxygens (including phenoxy) is 1. The van der Waals surface area contributed by atoms with E-state index in [1.54, 1.807) is 17.0 Å². The molecule has 2 aliphatic rings. The van der Waals surface area contributed by atoms with Crippen LogP contribution in [0.25, 0.3) is 0 Å². The molecule has 2 fully saturated rings. The Morgan fingerprint density at radius 1 is 1.18 bits per heavy atom. The summed E-state index contributed by atoms with van der Waals surface area (Å²) in [6.07, 6.45) is 4.72. The van der Waals surface area contributed by atoms with E-state index in [0.717, 1.165) is 25.7 Å². The van der Waals surface area contributed by atoms with Crippen LogP contribution in [0, 0.1) is 5.92 Å². The number of carboxylic acid groups (broad SMARTS) is 1. The van der Waals surface area contributed by atoms with Crippen LogP contribution in [-0.4, -0.2) is 40.6 Å². The molecular formula is C17H21NO4. The minimum absolute atomic E-state index is 0.0710. The Hall–Kier alpha value is -2.04. The summed E-state index contributed by atoms with van der Waals surface area (Å²) >= 11 is 0. The van der Waals surface area contributed by atoms with Gasteiger partial charge in [0.05, 0.1) is 0 Å². The van der Waals surface area contributed by atoms with Crippen LogP contribution in [0.3, 0.4) is 0 Å². The van der Waals surface area contributed by atoms with E-state index < -0.39 is 12.0 Å². The SMILES string of the molecule is O=C(O)[C@@H]1C[C@@H]2CCCC[C@H]2N1C(=O)COc1ccccc1. The Kier molecular flexibility index (Phi) is 4.32. The maximum absolute atomic E-state index is 12.5. The van der Waals surface area contributed by atoms with E-state index in [4.69, 9.17) is 4.74 Å². The number of nitrogens with zero attached hydrogens (tertiary/aromatic N) is 1. The van der Waals surface area contributed by atoms with Crippen molar-refractivity contribution in [2.45, 2.75) is 44.2 Å². The number of benzene rings is 1. The first-order valence-corrected chi connectivity index (χ1v) is 7.88. The fourth-order valence-electron chi connectivity index (χ4n) is 3.78. The standard InChI is InChI=1S/C17H21NO4/c19-16(11-22-13-7-2-1-3-8-13)18-14-9-5-4-6-12(14)10-15(18)17(20)21/h1-3,7-8,12,14-15H,4-6,9-11H2,(H,20,21)/t12-,14+,15-/m0/s1. The molecule has 1 N–H and O–H groups in total. The van der Waals surface area contributed by atoms with Gasteiger partial charge in [-0.3, -0.25) is 4.79 Å². The highest BCUT2D eigenvalue weighted by atomic mass is 16.5. The van der Waals surface area contributed by atoms with Crippen LogP contribution in [0.1, 0.15) is 32.1 Å². The number of rotatable bonds is 4. The molecule has 1 saturated carbocycles. The van der Waals surface area contributed by atoms with Crippen molar-refractivity contribution in [3.05, 3.63) is 30.3 Å². The quantitative estimate of drug-likeness (QED) is 0.927. The van der Waals surface area contributed by atoms with Crippen molar-refractivity contribution in [2.75, 3.05) is 6.61 Å². The predicted molar refractivity (Wildman–Crippen MR) is 80.6 cm³/mol. The van der Waals surface area contributed by atoms with Gasteiger partial charge in [0.25, 0.3) is 5.91 Å². The molecule has 0 aromatic heterocycles. The molecule has 0 spiro atoms. The van der Waals surface area contributed by atoms with Crippen molar-refractivity contribution < 1.29 is 19.4 Å². The van der Waals surface area contributed by atoms with Gasteiger partial charge in [-0.05, 0) is 37.3 Å². The van der Waals surface area contributed by atoms with E-state index in [1.807, 2.05) is 18.2 Å². The highest BCUT2D eigenvalue weighted by Gasteiger charge is 2.47. The van der Waals surface area contributed by atoms with Gasteiger partial charge in [0.2, 0.25) is 0 Å². The van der Waals surface area contributed by atoms with Crippen LogP contribution in [0.2, 0.25) is 0 Å². The molecule has 1 saturated heterocycles. The van der Waals surface area contributed by atoms with Crippen molar-refractivity contribution >= 4 is 11.9 Å². The lowest BCUT2D eigenvalue weighted by Gasteiger charge is -2.32. The lowest BCUT2D eigenvalue weighted by atomic mass is 9.85. The molecule has 5 heteroatoms. The van der Waals surface area contributed by atoms with Gasteiger partial charge in [-0.15, -0.1) is 0 Å². The highest BCUT2D eigenvalue weighted by molar-refractivity contribution is 5.85. The molecule has 3 atom stereocenters. The van der Waals surface area contributed by atoms with Gasteiger partial charge in [-0.25, -0.2) is 4.79 Å². The number of para-hydroxylation sites is 1. The van der Waals surface area contributed by atoms with Crippen LogP contribution in [-0.2, 0) is 9.59 Å². The minimum atomic E-state index is -0.900. The van der Waals surface area contributed by atoms with Crippen molar-refractivity contribution in [2.24, 2.45) is 5.92 Å². The van der Waals surface area contributed by atoms with Gasteiger partial charge in [-0.1, -0.05) is 31.0 Å². The van der Waals surface area contributed by atoms with Crippen LogP contribution >= 0.6 is 0 Å². The van der Waals surface area contributed by atoms with E-state index >= 15 is 0 Å². The van der Waals surface area contributed by atoms with Crippen LogP contribution in [0.15, 0.2) is 30.3 Å². The van der Waals surface area contributed by atoms with Gasteiger partial charge in [0, 0.05) is 6.04 Å². The number of likely N-dealkylation sites (tertiary alicyclic amines) is 1. The number of hydrogen-bond acceptors (Lipinski definition) is 3. The second-order valence-electron chi connectivity index (χ2n) is 6.10. The number of carbonyl (C=O) groups is 2. The fourth-order valence-corrected chi connectivity index (χ4v) is 3.78. The predicted octanol–water partition coefficient (Wildman–Crippen LogP) is 2.31. The van der Waals surface area contributed by atoms with E-state index in [9.17, 15) is 14.7 Å². The molecule has 1 amide bonds. The lowest BCUT2D eigenvalue weighted by molar-refractivity contribution is -0.150. The normalized spacial score (nSPS) is 27.3. The van der Waals surface area contributed by atoms with E-state index in [-0.39, 0.29) is 18.6 Å². The van der Waals surface area contributed by atoms with Crippen LogP contribution < -0.4 is 4.74 Å². The first kappa shape index (κ1) is 14.9. The van der Waals surface area contributed by atoms with Crippen LogP contribution in [0.5, 0.6) is 5.75 Å². The second-order valence-corrected chi connectivity index (χ2v) is 6.10. The number of aliphatic carboxylic acids is 1. The van der Waals surface area contributed by atoms with Gasteiger partial charge in [0.15, 0.2) is 6.61 Å². The number of carboxylic acids is 1. The van der Waals surface area contributed by atoms with Crippen molar-refractivity contribution in [1.29, 1.82) is 0 Å². The molecule has 0 radical (unpaired) electrons. The van der Waals surface area contributed by atoms with Gasteiger partial charge < -0.3 is 14.7 Å². The average Bonchev–Trinajstić information content (AvgIpc) is 2.93. The topological polar surface area (TPSA) is 66.8 Å². The molecule has 5 nitrogen and oxygen atoms in total. The van der Waals surface area contributed by atoms with Crippen molar-refractivity contribution in [3.8, 4) is 5.75 Å². The largest absolute Gasteiger partial charge is 0.484 e. The Labute approximate surface area is 129 Å². The Morgan fingerprint density at radius 3 is 2.64 bits per heavy atom. The first-order valence-electron chi connectivity index (χ1n) is 7.88. The molecule has 1 aliphatic carbocycles. The third-order valence-electron chi connectivity index (χ3n) is 4.77. The third-order valence-corrected chi connectivity index (χ3v) is 4.77. The minimum Gasteiger partial charge on any atom is -0.484 e. The molecule has 22 heavy (non-hydrogen) atoms. The maximum Gasteiger partial charge on any atom is 0.326 e. The summed E-state index contributed by atoms with van der Waals surface area (Å²) in [5, 5.41) is 9.43. The molecule has 0 bridgehead atoms. The zero-order chi connectivity index (χ0) is 15.5. The monoisotopic (exact) mass is 303 g/mol. The Morgan fingerprint density at radius 2 is 1.91 bits per heavy atom. The summed E-state index contributed by atoms with van der Waals surface area (Å²) in [6.45, 7) is -0.100. The molecule has 3 rings (SSSR count). The molecule has 1 aromatic rings. The Balaban J connectivity index is 1.69. The number of fused-ring (bicyclic) bond motifs is 1. The molecule has 1 aliphatic heterocycles. The molecule has 1 aromatic carbocycles. The summed E-state index contributed by atoms with van der Waals surface area (Å²) < 4.78 is 5.50. The lowest BCUT2D eigenvalue weighted by Crippen LogP contribution is -2.48. The molecule has 0 unspecified atom stereocenters. The summed E-state index contributed by atoms with van der Waals surface area (Å²) in [5.74, 6) is -0.161. The van der Waals surface area contributed by atoms with Gasteiger partial charge in [-0.2, -0.15) is 0 Å². The van der Waals surface area contributed by atoms with E-state index in [2.05, 4.69) is 0 Å². The fraction of sp³-hybridized carbons (Fsp3) is 0.529. The summed E-state index contributed by atoms with van der Waals surface area (Å²) in [6, 6.07) is 8.51. The van der Waals surface area contributed by atoms with Gasteiger partial charge >= 0.3 is 5.97 Å². The molecule has 118 valence electrons. The summed E-state index contributed by atoms with van der Waals surface area (Å²) in [4.78, 5) is 25.6. The molecular weight excluding hydrogens is 282 g/mol. The maximum atomic E-state index is 12.5. The first-order chi connectivity index (χ1) is 10.7. The summed E-state index contributed by atoms with van der Waals surface area (Å²) in [7, 11) is 0. The number of amides is 1. The number of hydrogen-bond donors (Lipinski definition) is 1. The number of carbonyl (C=O) groups excluding carboxylic acids is 1. The molecule has 1 heterocycles. The van der Waals surface area contributed by atoms with Crippen molar-refractivity contribution in [3.63, 3.8) is 0 Å². The zero-order valence-electron chi connectivity index (χ0n) is 12.5. The van der Waals surface area contributed by atoms with Crippen molar-refractivity contribution in [1.82, 2.24) is 4.90 Å². The third kappa shape index (κ3) is 2.93. The second kappa shape index (κ2) is 6.38. The van der Waals surface area contributed by atoms with Gasteiger partial charge in [0.1, 0.15) is 11.8 Å². The zero-order valence-corrected chi connectivity index (χ0v) is 12.5. The smallest absolute Gasteiger partial charge is 0.326 e. The summed E-state index contributed by atoms with van der Waals surface area (Å²) in [5.41, 5.74) is 0. The highest BCUT2D eigenvalue weighted by Crippen LogP contribution is 2.39. The van der Waals surface area contributed by atoms with E-state index in [0.29, 0.717) is 18.1 Å². The van der Waals surface area contributed by atoms with Crippen LogP contribution in [0.4, 0.5) is 0 Å². The van der Waals surface area contributed by atoms with E-state index in [1.165, 1.54) is 0 Å².